The molecule has 4 heterocycles. The van der Waals surface area contributed by atoms with Crippen LogP contribution in [0.25, 0.3) is 5.52 Å². The van der Waals surface area contributed by atoms with Crippen molar-refractivity contribution in [1.82, 2.24) is 14.3 Å². The minimum Gasteiger partial charge on any atom is -0.490 e. The highest BCUT2D eigenvalue weighted by atomic mass is 32.2. The number of nitrogens with one attached hydrogen (secondary N) is 1. The minimum absolute atomic E-state index is 0.0691. The van der Waals surface area contributed by atoms with Crippen LogP contribution in [-0.4, -0.2) is 61.2 Å². The number of sulfonamides is 1. The molecule has 2 aliphatic rings. The summed E-state index contributed by atoms with van der Waals surface area (Å²) in [6, 6.07) is 7.39. The molecule has 0 unspecified atom stereocenters. The molecule has 2 saturated heterocycles. The summed E-state index contributed by atoms with van der Waals surface area (Å²) in [5, 5.41) is 3.36. The lowest BCUT2D eigenvalue weighted by molar-refractivity contribution is 0.0254. The van der Waals surface area contributed by atoms with Gasteiger partial charge in [0.05, 0.1) is 41.8 Å². The number of hydrogen-bond donors (Lipinski definition) is 1. The number of pyridine rings is 1. The Morgan fingerprint density at radius 2 is 1.97 bits per heavy atom. The molecule has 0 saturated carbocycles. The van der Waals surface area contributed by atoms with E-state index in [0.717, 1.165) is 0 Å². The molecule has 2 aliphatic heterocycles. The highest BCUT2D eigenvalue weighted by molar-refractivity contribution is 7.90. The molecule has 204 valence electrons. The summed E-state index contributed by atoms with van der Waals surface area (Å²) in [6.07, 6.45) is 3.28. The molecule has 0 radical (unpaired) electrons. The summed E-state index contributed by atoms with van der Waals surface area (Å²) in [6.45, 7) is 4.19. The molecule has 1 aromatic carbocycles. The summed E-state index contributed by atoms with van der Waals surface area (Å²) in [7, 11) is -3.84. The Kier molecular flexibility index (Phi) is 7.28. The van der Waals surface area contributed by atoms with Gasteiger partial charge in [-0.2, -0.15) is 5.10 Å². The van der Waals surface area contributed by atoms with Crippen LogP contribution in [0.5, 0.6) is 5.75 Å². The van der Waals surface area contributed by atoms with Gasteiger partial charge in [0.25, 0.3) is 5.91 Å². The van der Waals surface area contributed by atoms with Crippen LogP contribution in [0.4, 0.5) is 14.5 Å². The first-order valence-electron chi connectivity index (χ1n) is 12.6. The first-order chi connectivity index (χ1) is 18.1. The number of nitrogens with zero attached hydrogens (tertiary/aromatic N) is 3. The number of carbonyl (C=O) groups is 1. The van der Waals surface area contributed by atoms with Crippen molar-refractivity contribution in [3.63, 3.8) is 0 Å². The second-order valence-electron chi connectivity index (χ2n) is 9.95. The van der Waals surface area contributed by atoms with Crippen LogP contribution in [-0.2, 0) is 14.8 Å². The Balaban J connectivity index is 1.44. The number of carbonyl (C=O) groups excluding carboxylic acids is 1. The van der Waals surface area contributed by atoms with Crippen molar-refractivity contribution in [2.45, 2.75) is 56.7 Å². The molecule has 0 aliphatic carbocycles. The van der Waals surface area contributed by atoms with Crippen molar-refractivity contribution in [2.75, 3.05) is 24.7 Å². The second kappa shape index (κ2) is 10.5. The van der Waals surface area contributed by atoms with E-state index in [1.807, 2.05) is 4.90 Å². The highest BCUT2D eigenvalue weighted by Gasteiger charge is 2.34. The van der Waals surface area contributed by atoms with Gasteiger partial charge in [0, 0.05) is 43.8 Å². The Hall–Kier alpha value is -3.25. The van der Waals surface area contributed by atoms with E-state index in [2.05, 4.69) is 9.82 Å². The van der Waals surface area contributed by atoms with Crippen molar-refractivity contribution in [1.29, 1.82) is 0 Å². The van der Waals surface area contributed by atoms with E-state index in [9.17, 15) is 22.0 Å². The zero-order valence-corrected chi connectivity index (χ0v) is 22.0. The summed E-state index contributed by atoms with van der Waals surface area (Å²) in [4.78, 5) is 14.6. The molecule has 0 spiro atoms. The number of aromatic nitrogens is 2. The topological polar surface area (TPSA) is 102 Å². The van der Waals surface area contributed by atoms with E-state index < -0.39 is 39.2 Å². The van der Waals surface area contributed by atoms with E-state index in [-0.39, 0.29) is 24.6 Å². The summed E-state index contributed by atoms with van der Waals surface area (Å²) < 4.78 is 68.7. The average Bonchev–Trinajstić information content (AvgIpc) is 3.47. The Labute approximate surface area is 219 Å². The van der Waals surface area contributed by atoms with Crippen LogP contribution in [0.15, 0.2) is 42.7 Å². The maximum absolute atomic E-state index is 14.8. The second-order valence-corrected chi connectivity index (χ2v) is 12.2. The fourth-order valence-corrected chi connectivity index (χ4v) is 5.45. The van der Waals surface area contributed by atoms with E-state index in [1.54, 1.807) is 24.4 Å². The van der Waals surface area contributed by atoms with Crippen LogP contribution in [0.1, 0.15) is 55.1 Å². The standard InChI is InChI=1S/C26H30F2N4O5S/c1-16(2)38(34,35)30-26(33)23-14-29-32-6-3-20(13-25(23)32)31-15-19(28)12-24(31)17-9-18(27)11-22(10-17)37-21-4-7-36-8-5-21/h3,6,9-11,13-14,16,19,21,24H,4-5,7-8,12,15H2,1-2H3,(H,30,33)/t19-,24+/m0/s1. The van der Waals surface area contributed by atoms with Crippen molar-refractivity contribution >= 4 is 27.1 Å². The van der Waals surface area contributed by atoms with Gasteiger partial charge in [-0.1, -0.05) is 0 Å². The highest BCUT2D eigenvalue weighted by Crippen LogP contribution is 2.39. The van der Waals surface area contributed by atoms with Crippen LogP contribution < -0.4 is 14.4 Å². The lowest BCUT2D eigenvalue weighted by Crippen LogP contribution is -2.35. The molecule has 1 amide bonds. The fourth-order valence-electron chi connectivity index (χ4n) is 4.84. The number of halogens is 2. The molecule has 3 aromatic rings. The molecular weight excluding hydrogens is 518 g/mol. The maximum atomic E-state index is 14.8. The van der Waals surface area contributed by atoms with E-state index in [1.165, 1.54) is 36.7 Å². The number of rotatable bonds is 7. The van der Waals surface area contributed by atoms with Gasteiger partial charge in [-0.25, -0.2) is 26.4 Å². The Morgan fingerprint density at radius 3 is 2.71 bits per heavy atom. The third-order valence-corrected chi connectivity index (χ3v) is 8.65. The molecule has 2 fully saturated rings. The maximum Gasteiger partial charge on any atom is 0.268 e. The van der Waals surface area contributed by atoms with E-state index in [4.69, 9.17) is 9.47 Å². The monoisotopic (exact) mass is 548 g/mol. The first-order valence-corrected chi connectivity index (χ1v) is 14.1. The largest absolute Gasteiger partial charge is 0.490 e. The fraction of sp³-hybridized carbons (Fsp3) is 0.462. The Bertz CT molecular complexity index is 1440. The lowest BCUT2D eigenvalue weighted by Gasteiger charge is -2.28. The SMILES string of the molecule is CC(C)S(=O)(=O)NC(=O)c1cnn2ccc(N3C[C@@H](F)C[C@@H]3c3cc(F)cc(OC4CCOCC4)c3)cc12. The van der Waals surface area contributed by atoms with Crippen molar-refractivity contribution in [3.8, 4) is 5.75 Å². The molecule has 5 rings (SSSR count). The molecule has 9 nitrogen and oxygen atoms in total. The predicted molar refractivity (Wildman–Crippen MR) is 137 cm³/mol. The van der Waals surface area contributed by atoms with Gasteiger partial charge < -0.3 is 14.4 Å². The van der Waals surface area contributed by atoms with Crippen LogP contribution in [0.3, 0.4) is 0 Å². The van der Waals surface area contributed by atoms with Crippen molar-refractivity contribution < 1.29 is 31.5 Å². The number of fused-ring (bicyclic) bond motifs is 1. The quantitative estimate of drug-likeness (QED) is 0.479. The number of ether oxygens (including phenoxy) is 2. The van der Waals surface area contributed by atoms with Gasteiger partial charge in [0.1, 0.15) is 23.8 Å². The van der Waals surface area contributed by atoms with Crippen LogP contribution >= 0.6 is 0 Å². The average molecular weight is 549 g/mol. The Morgan fingerprint density at radius 1 is 1.21 bits per heavy atom. The van der Waals surface area contributed by atoms with Gasteiger partial charge in [-0.15, -0.1) is 0 Å². The number of benzene rings is 1. The van der Waals surface area contributed by atoms with Gasteiger partial charge in [0.2, 0.25) is 10.0 Å². The molecule has 1 N–H and O–H groups in total. The van der Waals surface area contributed by atoms with Crippen molar-refractivity contribution in [2.24, 2.45) is 0 Å². The number of amides is 1. The zero-order chi connectivity index (χ0) is 27.0. The molecular formula is C26H30F2N4O5S. The van der Waals surface area contributed by atoms with Gasteiger partial charge in [-0.3, -0.25) is 4.79 Å². The van der Waals surface area contributed by atoms with Gasteiger partial charge in [0.15, 0.2) is 0 Å². The third kappa shape index (κ3) is 5.46. The summed E-state index contributed by atoms with van der Waals surface area (Å²) in [5.41, 5.74) is 1.62. The summed E-state index contributed by atoms with van der Waals surface area (Å²) in [5.74, 6) is -0.874. The smallest absolute Gasteiger partial charge is 0.268 e. The van der Waals surface area contributed by atoms with Crippen LogP contribution in [0.2, 0.25) is 0 Å². The van der Waals surface area contributed by atoms with Crippen molar-refractivity contribution in [3.05, 3.63) is 59.7 Å². The lowest BCUT2D eigenvalue weighted by atomic mass is 10.0. The van der Waals surface area contributed by atoms with E-state index in [0.29, 0.717) is 48.6 Å². The normalized spacial score (nSPS) is 20.8. The summed E-state index contributed by atoms with van der Waals surface area (Å²) >= 11 is 0. The molecule has 38 heavy (non-hydrogen) atoms. The predicted octanol–water partition coefficient (Wildman–Crippen LogP) is 3.79. The molecule has 2 atom stereocenters. The molecule has 2 aromatic heterocycles. The van der Waals surface area contributed by atoms with Gasteiger partial charge in [-0.05, 0) is 43.7 Å². The first kappa shape index (κ1) is 26.4. The minimum atomic E-state index is -3.84. The number of alkyl halides is 1. The number of anilines is 1. The third-order valence-electron chi connectivity index (χ3n) is 6.94. The van der Waals surface area contributed by atoms with Crippen LogP contribution in [0, 0.1) is 5.82 Å². The van der Waals surface area contributed by atoms with E-state index >= 15 is 0 Å². The number of hydrogen-bond acceptors (Lipinski definition) is 7. The molecule has 12 heteroatoms. The zero-order valence-electron chi connectivity index (χ0n) is 21.1. The molecule has 0 bridgehead atoms. The van der Waals surface area contributed by atoms with Gasteiger partial charge >= 0.3 is 0 Å².